The van der Waals surface area contributed by atoms with Crippen molar-refractivity contribution in [1.29, 1.82) is 0 Å². The van der Waals surface area contributed by atoms with Crippen molar-refractivity contribution < 1.29 is 4.42 Å². The van der Waals surface area contributed by atoms with Gasteiger partial charge in [-0.05, 0) is 24.5 Å². The van der Waals surface area contributed by atoms with Crippen LogP contribution in [-0.4, -0.2) is 34.3 Å². The van der Waals surface area contributed by atoms with Crippen LogP contribution in [0.2, 0.25) is 0 Å². The number of hydrogen-bond donors (Lipinski definition) is 2. The molecule has 0 amide bonds. The standard InChI is InChI=1S/C14H21N5O/c1-10-6-7-19(9-12(10)15)14-16-13(17-18-14)5-4-11-3-2-8-20-11/h2-3,8,10,12H,4-7,9,15H2,1H3,(H,16,17,18). The smallest absolute Gasteiger partial charge is 0.244 e. The van der Waals surface area contributed by atoms with Crippen molar-refractivity contribution in [3.63, 3.8) is 0 Å². The fourth-order valence-electron chi connectivity index (χ4n) is 2.52. The average molecular weight is 275 g/mol. The number of rotatable bonds is 4. The molecule has 0 aliphatic carbocycles. The summed E-state index contributed by atoms with van der Waals surface area (Å²) in [7, 11) is 0. The van der Waals surface area contributed by atoms with Gasteiger partial charge in [-0.2, -0.15) is 4.98 Å². The Hall–Kier alpha value is -1.82. The van der Waals surface area contributed by atoms with Gasteiger partial charge in [0.2, 0.25) is 5.95 Å². The van der Waals surface area contributed by atoms with Crippen molar-refractivity contribution in [2.75, 3.05) is 18.0 Å². The summed E-state index contributed by atoms with van der Waals surface area (Å²) in [5, 5.41) is 7.31. The molecular weight excluding hydrogens is 254 g/mol. The maximum Gasteiger partial charge on any atom is 0.244 e. The highest BCUT2D eigenvalue weighted by Gasteiger charge is 2.25. The number of nitrogens with zero attached hydrogens (tertiary/aromatic N) is 3. The number of aromatic nitrogens is 3. The lowest BCUT2D eigenvalue weighted by molar-refractivity contribution is 0.376. The lowest BCUT2D eigenvalue weighted by atomic mass is 9.95. The van der Waals surface area contributed by atoms with Gasteiger partial charge >= 0.3 is 0 Å². The molecule has 0 aromatic carbocycles. The molecular formula is C14H21N5O. The van der Waals surface area contributed by atoms with E-state index in [1.807, 2.05) is 12.1 Å². The summed E-state index contributed by atoms with van der Waals surface area (Å²) in [5.74, 6) is 3.20. The summed E-state index contributed by atoms with van der Waals surface area (Å²) in [6, 6.07) is 4.08. The first-order valence-corrected chi connectivity index (χ1v) is 7.16. The van der Waals surface area contributed by atoms with E-state index in [9.17, 15) is 0 Å². The molecule has 0 radical (unpaired) electrons. The Morgan fingerprint density at radius 3 is 3.15 bits per heavy atom. The first kappa shape index (κ1) is 13.2. The number of nitrogens with one attached hydrogen (secondary N) is 1. The van der Waals surface area contributed by atoms with Crippen LogP contribution in [0.15, 0.2) is 22.8 Å². The molecule has 6 nitrogen and oxygen atoms in total. The molecule has 0 spiro atoms. The lowest BCUT2D eigenvalue weighted by Crippen LogP contribution is -2.48. The summed E-state index contributed by atoms with van der Waals surface area (Å²) in [6.45, 7) is 4.01. The highest BCUT2D eigenvalue weighted by molar-refractivity contribution is 5.30. The van der Waals surface area contributed by atoms with E-state index in [0.717, 1.165) is 49.9 Å². The fourth-order valence-corrected chi connectivity index (χ4v) is 2.52. The molecule has 2 unspecified atom stereocenters. The van der Waals surface area contributed by atoms with Gasteiger partial charge in [0, 0.05) is 32.0 Å². The highest BCUT2D eigenvalue weighted by Crippen LogP contribution is 2.19. The second kappa shape index (κ2) is 5.66. The number of H-pyrrole nitrogens is 1. The second-order valence-corrected chi connectivity index (χ2v) is 5.54. The molecule has 6 heteroatoms. The highest BCUT2D eigenvalue weighted by atomic mass is 16.3. The second-order valence-electron chi connectivity index (χ2n) is 5.54. The summed E-state index contributed by atoms with van der Waals surface area (Å²) in [6.07, 6.45) is 4.42. The summed E-state index contributed by atoms with van der Waals surface area (Å²) >= 11 is 0. The Balaban J connectivity index is 1.59. The Bertz CT molecular complexity index is 536. The zero-order valence-electron chi connectivity index (χ0n) is 11.7. The number of anilines is 1. The monoisotopic (exact) mass is 275 g/mol. The normalized spacial score (nSPS) is 23.2. The van der Waals surface area contributed by atoms with Crippen molar-refractivity contribution >= 4 is 5.95 Å². The van der Waals surface area contributed by atoms with Crippen molar-refractivity contribution in [2.24, 2.45) is 11.7 Å². The topological polar surface area (TPSA) is 84.0 Å². The van der Waals surface area contributed by atoms with Gasteiger partial charge in [-0.15, -0.1) is 5.10 Å². The Labute approximate surface area is 118 Å². The van der Waals surface area contributed by atoms with Crippen LogP contribution >= 0.6 is 0 Å². The van der Waals surface area contributed by atoms with Gasteiger partial charge in [0.05, 0.1) is 6.26 Å². The number of aromatic amines is 1. The van der Waals surface area contributed by atoms with E-state index in [2.05, 4.69) is 27.0 Å². The molecule has 0 bridgehead atoms. The maximum absolute atomic E-state index is 6.12. The maximum atomic E-state index is 6.12. The van der Waals surface area contributed by atoms with Crippen LogP contribution in [0.5, 0.6) is 0 Å². The first-order valence-electron chi connectivity index (χ1n) is 7.16. The largest absolute Gasteiger partial charge is 0.469 e. The molecule has 0 saturated carbocycles. The molecule has 1 aliphatic rings. The van der Waals surface area contributed by atoms with E-state index in [-0.39, 0.29) is 6.04 Å². The molecule has 20 heavy (non-hydrogen) atoms. The Kier molecular flexibility index (Phi) is 3.73. The van der Waals surface area contributed by atoms with E-state index < -0.39 is 0 Å². The van der Waals surface area contributed by atoms with Gasteiger partial charge in [0.25, 0.3) is 0 Å². The number of hydrogen-bond acceptors (Lipinski definition) is 5. The molecule has 1 fully saturated rings. The van der Waals surface area contributed by atoms with Crippen LogP contribution in [0.1, 0.15) is 24.9 Å². The Morgan fingerprint density at radius 1 is 1.50 bits per heavy atom. The molecule has 2 atom stereocenters. The molecule has 1 aliphatic heterocycles. The predicted octanol–water partition coefficient (Wildman–Crippen LogP) is 1.36. The molecule has 3 rings (SSSR count). The van der Waals surface area contributed by atoms with Crippen LogP contribution < -0.4 is 10.6 Å². The van der Waals surface area contributed by atoms with Crippen molar-refractivity contribution in [1.82, 2.24) is 15.2 Å². The zero-order chi connectivity index (χ0) is 13.9. The van der Waals surface area contributed by atoms with Crippen LogP contribution in [0.25, 0.3) is 0 Å². The average Bonchev–Trinajstić information content (AvgIpc) is 3.10. The van der Waals surface area contributed by atoms with Gasteiger partial charge in [-0.25, -0.2) is 0 Å². The van der Waals surface area contributed by atoms with Gasteiger partial charge in [-0.3, -0.25) is 5.10 Å². The quantitative estimate of drug-likeness (QED) is 0.880. The third-order valence-corrected chi connectivity index (χ3v) is 4.01. The van der Waals surface area contributed by atoms with Crippen molar-refractivity contribution in [3.05, 3.63) is 30.0 Å². The Morgan fingerprint density at radius 2 is 2.40 bits per heavy atom. The van der Waals surface area contributed by atoms with Gasteiger partial charge < -0.3 is 15.1 Å². The minimum Gasteiger partial charge on any atom is -0.469 e. The van der Waals surface area contributed by atoms with Gasteiger partial charge in [0.1, 0.15) is 11.6 Å². The number of aryl methyl sites for hydroxylation is 2. The van der Waals surface area contributed by atoms with Crippen LogP contribution in [0.3, 0.4) is 0 Å². The van der Waals surface area contributed by atoms with Crippen molar-refractivity contribution in [3.8, 4) is 0 Å². The lowest BCUT2D eigenvalue weighted by Gasteiger charge is -2.34. The third-order valence-electron chi connectivity index (χ3n) is 4.01. The van der Waals surface area contributed by atoms with Gasteiger partial charge in [-0.1, -0.05) is 6.92 Å². The van der Waals surface area contributed by atoms with E-state index in [1.54, 1.807) is 6.26 Å². The number of piperidine rings is 1. The third kappa shape index (κ3) is 2.85. The van der Waals surface area contributed by atoms with Crippen LogP contribution in [0.4, 0.5) is 5.95 Å². The van der Waals surface area contributed by atoms with Gasteiger partial charge in [0.15, 0.2) is 0 Å². The zero-order valence-corrected chi connectivity index (χ0v) is 11.7. The molecule has 3 N–H and O–H groups in total. The SMILES string of the molecule is CC1CCN(c2n[nH]c(CCc3ccco3)n2)CC1N. The number of furan rings is 1. The summed E-state index contributed by atoms with van der Waals surface area (Å²) in [5.41, 5.74) is 6.12. The minimum atomic E-state index is 0.203. The minimum absolute atomic E-state index is 0.203. The molecule has 3 heterocycles. The predicted molar refractivity (Wildman–Crippen MR) is 76.5 cm³/mol. The summed E-state index contributed by atoms with van der Waals surface area (Å²) < 4.78 is 5.32. The summed E-state index contributed by atoms with van der Waals surface area (Å²) in [4.78, 5) is 6.72. The van der Waals surface area contributed by atoms with E-state index >= 15 is 0 Å². The molecule has 1 saturated heterocycles. The van der Waals surface area contributed by atoms with Crippen LogP contribution in [0, 0.1) is 5.92 Å². The van der Waals surface area contributed by atoms with E-state index in [1.165, 1.54) is 0 Å². The fraction of sp³-hybridized carbons (Fsp3) is 0.571. The molecule has 2 aromatic rings. The van der Waals surface area contributed by atoms with E-state index in [0.29, 0.717) is 5.92 Å². The van der Waals surface area contributed by atoms with Crippen molar-refractivity contribution in [2.45, 2.75) is 32.2 Å². The number of nitrogens with two attached hydrogens (primary N) is 1. The molecule has 2 aromatic heterocycles. The van der Waals surface area contributed by atoms with E-state index in [4.69, 9.17) is 10.2 Å². The first-order chi connectivity index (χ1) is 9.72. The molecule has 108 valence electrons. The van der Waals surface area contributed by atoms with Crippen LogP contribution in [-0.2, 0) is 12.8 Å².